The number of carbonyl (C=O) groups excluding carboxylic acids is 2. The predicted octanol–water partition coefficient (Wildman–Crippen LogP) is 16.3. The van der Waals surface area contributed by atoms with Crippen molar-refractivity contribution in [3.8, 4) is 0 Å². The molecule has 0 radical (unpaired) electrons. The van der Waals surface area contributed by atoms with E-state index in [0.29, 0.717) is 19.4 Å². The summed E-state index contributed by atoms with van der Waals surface area (Å²) >= 11 is 0. The van der Waals surface area contributed by atoms with Crippen molar-refractivity contribution in [3.05, 3.63) is 24.3 Å². The minimum atomic E-state index is -0.855. The number of rotatable bonds is 50. The maximum Gasteiger partial charge on any atom is 0.305 e. The fourth-order valence-electron chi connectivity index (χ4n) is 8.27. The summed E-state index contributed by atoms with van der Waals surface area (Å²) in [4.78, 5) is 24.5. The van der Waals surface area contributed by atoms with Crippen LogP contribution >= 0.6 is 0 Å². The van der Waals surface area contributed by atoms with Crippen LogP contribution in [0.2, 0.25) is 0 Å². The normalized spacial score (nSPS) is 12.8. The molecule has 3 N–H and O–H groups in total. The number of hydrogen-bond acceptors (Lipinski definition) is 5. The van der Waals surface area contributed by atoms with Crippen LogP contribution in [0.4, 0.5) is 0 Å². The summed E-state index contributed by atoms with van der Waals surface area (Å²) in [5.41, 5.74) is 0. The highest BCUT2D eigenvalue weighted by Crippen LogP contribution is 2.16. The summed E-state index contributed by atoms with van der Waals surface area (Å²) in [6.45, 7) is 4.86. The number of allylic oxidation sites excluding steroid dienone is 3. The first-order chi connectivity index (χ1) is 30.0. The Bertz CT molecular complexity index is 951. The Balaban J connectivity index is 3.50. The SMILES string of the molecule is CCCCCCC/C=C\CCCCCCCC(=O)OCCCCCCCCCCCCCCC(=O)NC(CO)C(O)/C=C/CCCCCCCCCCCCCCCCCC. The topological polar surface area (TPSA) is 95.9 Å². The zero-order valence-corrected chi connectivity index (χ0v) is 40.9. The summed E-state index contributed by atoms with van der Waals surface area (Å²) in [5, 5.41) is 23.1. The molecule has 2 unspecified atom stereocenters. The van der Waals surface area contributed by atoms with Gasteiger partial charge < -0.3 is 20.3 Å². The van der Waals surface area contributed by atoms with Crippen molar-refractivity contribution in [1.29, 1.82) is 0 Å². The van der Waals surface area contributed by atoms with E-state index in [1.165, 1.54) is 205 Å². The number of carbonyl (C=O) groups is 2. The lowest BCUT2D eigenvalue weighted by molar-refractivity contribution is -0.143. The third-order valence-electron chi connectivity index (χ3n) is 12.5. The third kappa shape index (κ3) is 47.7. The van der Waals surface area contributed by atoms with Gasteiger partial charge in [-0.3, -0.25) is 9.59 Å². The minimum absolute atomic E-state index is 0.0192. The van der Waals surface area contributed by atoms with Gasteiger partial charge in [0.15, 0.2) is 0 Å². The first kappa shape index (κ1) is 59.3. The van der Waals surface area contributed by atoms with Crippen molar-refractivity contribution in [2.24, 2.45) is 0 Å². The molecule has 360 valence electrons. The molecule has 0 heterocycles. The van der Waals surface area contributed by atoms with Crippen LogP contribution in [0, 0.1) is 0 Å². The summed E-state index contributed by atoms with van der Waals surface area (Å²) in [7, 11) is 0. The van der Waals surface area contributed by atoms with Gasteiger partial charge in [0.1, 0.15) is 0 Å². The van der Waals surface area contributed by atoms with Gasteiger partial charge in [0, 0.05) is 12.8 Å². The average Bonchev–Trinajstić information content (AvgIpc) is 3.26. The lowest BCUT2D eigenvalue weighted by Gasteiger charge is -2.20. The van der Waals surface area contributed by atoms with Crippen LogP contribution < -0.4 is 5.32 Å². The Morgan fingerprint density at radius 2 is 0.770 bits per heavy atom. The van der Waals surface area contributed by atoms with Crippen molar-refractivity contribution < 1.29 is 24.5 Å². The van der Waals surface area contributed by atoms with E-state index >= 15 is 0 Å². The van der Waals surface area contributed by atoms with E-state index in [-0.39, 0.29) is 18.5 Å². The number of esters is 1. The molecule has 6 heteroatoms. The van der Waals surface area contributed by atoms with E-state index < -0.39 is 12.1 Å². The molecule has 2 atom stereocenters. The molecule has 0 aliphatic heterocycles. The van der Waals surface area contributed by atoms with Gasteiger partial charge in [0.05, 0.1) is 25.4 Å². The number of aliphatic hydroxyl groups is 2. The van der Waals surface area contributed by atoms with Crippen LogP contribution in [0.5, 0.6) is 0 Å². The molecular weight excluding hydrogens is 755 g/mol. The molecule has 6 nitrogen and oxygen atoms in total. The Morgan fingerprint density at radius 1 is 0.443 bits per heavy atom. The third-order valence-corrected chi connectivity index (χ3v) is 12.5. The van der Waals surface area contributed by atoms with E-state index in [9.17, 15) is 19.8 Å². The molecule has 0 aliphatic rings. The molecule has 0 aromatic rings. The van der Waals surface area contributed by atoms with Crippen molar-refractivity contribution in [3.63, 3.8) is 0 Å². The minimum Gasteiger partial charge on any atom is -0.466 e. The second-order valence-corrected chi connectivity index (χ2v) is 18.6. The number of aliphatic hydroxyl groups excluding tert-OH is 2. The molecular formula is C55H105NO5. The van der Waals surface area contributed by atoms with Crippen molar-refractivity contribution in [2.45, 2.75) is 302 Å². The highest BCUT2D eigenvalue weighted by atomic mass is 16.5. The zero-order chi connectivity index (χ0) is 44.4. The number of nitrogens with one attached hydrogen (secondary N) is 1. The van der Waals surface area contributed by atoms with Gasteiger partial charge in [-0.2, -0.15) is 0 Å². The monoisotopic (exact) mass is 860 g/mol. The van der Waals surface area contributed by atoms with E-state index in [1.54, 1.807) is 6.08 Å². The molecule has 0 aromatic carbocycles. The van der Waals surface area contributed by atoms with Gasteiger partial charge in [0.25, 0.3) is 0 Å². The number of ether oxygens (including phenoxy) is 1. The number of unbranched alkanes of at least 4 members (excludes halogenated alkanes) is 37. The highest BCUT2D eigenvalue weighted by molar-refractivity contribution is 5.76. The van der Waals surface area contributed by atoms with Crippen molar-refractivity contribution >= 4 is 11.9 Å². The van der Waals surface area contributed by atoms with Crippen molar-refractivity contribution in [1.82, 2.24) is 5.32 Å². The van der Waals surface area contributed by atoms with Gasteiger partial charge in [0.2, 0.25) is 5.91 Å². The van der Waals surface area contributed by atoms with Crippen molar-refractivity contribution in [2.75, 3.05) is 13.2 Å². The first-order valence-corrected chi connectivity index (χ1v) is 27.1. The fourth-order valence-corrected chi connectivity index (χ4v) is 8.27. The van der Waals surface area contributed by atoms with Gasteiger partial charge in [-0.15, -0.1) is 0 Å². The maximum atomic E-state index is 12.4. The highest BCUT2D eigenvalue weighted by Gasteiger charge is 2.18. The predicted molar refractivity (Wildman–Crippen MR) is 264 cm³/mol. The summed E-state index contributed by atoms with van der Waals surface area (Å²) < 4.78 is 5.45. The summed E-state index contributed by atoms with van der Waals surface area (Å²) in [6, 6.07) is -0.640. The molecule has 0 fully saturated rings. The number of amides is 1. The van der Waals surface area contributed by atoms with E-state index in [2.05, 4.69) is 31.3 Å². The van der Waals surface area contributed by atoms with Crippen LogP contribution in [0.3, 0.4) is 0 Å². The summed E-state index contributed by atoms with van der Waals surface area (Å²) in [5.74, 6) is -0.102. The summed E-state index contributed by atoms with van der Waals surface area (Å²) in [6.07, 6.45) is 60.3. The lowest BCUT2D eigenvalue weighted by Crippen LogP contribution is -2.45. The molecule has 0 saturated carbocycles. The molecule has 0 saturated heterocycles. The number of hydrogen-bond donors (Lipinski definition) is 3. The smallest absolute Gasteiger partial charge is 0.305 e. The molecule has 0 aromatic heterocycles. The van der Waals surface area contributed by atoms with E-state index in [4.69, 9.17) is 4.74 Å². The Kier molecular flexibility index (Phi) is 49.6. The zero-order valence-electron chi connectivity index (χ0n) is 40.9. The van der Waals surface area contributed by atoms with Gasteiger partial charge in [-0.1, -0.05) is 244 Å². The van der Waals surface area contributed by atoms with Crippen LogP contribution in [-0.2, 0) is 14.3 Å². The Hall–Kier alpha value is -1.66. The fraction of sp³-hybridized carbons (Fsp3) is 0.891. The molecule has 0 bridgehead atoms. The quantitative estimate of drug-likeness (QED) is 0.0322. The standard InChI is InChI=1S/C55H105NO5/c1-3-5-7-9-11-13-15-17-19-20-21-22-23-27-31-35-39-43-47-53(58)52(51-57)56-54(59)48-44-40-36-32-28-25-26-30-34-38-42-46-50-61-55(60)49-45-41-37-33-29-24-18-16-14-12-10-8-6-4-2/h16,18,43,47,52-53,57-58H,3-15,17,19-42,44-46,48-51H2,1-2H3,(H,56,59)/b18-16-,47-43+. The first-order valence-electron chi connectivity index (χ1n) is 27.1. The van der Waals surface area contributed by atoms with Crippen LogP contribution in [0.15, 0.2) is 24.3 Å². The molecule has 0 spiro atoms. The van der Waals surface area contributed by atoms with Gasteiger partial charge in [-0.05, 0) is 57.8 Å². The average molecular weight is 860 g/mol. The molecule has 0 aliphatic carbocycles. The largest absolute Gasteiger partial charge is 0.466 e. The van der Waals surface area contributed by atoms with Gasteiger partial charge >= 0.3 is 5.97 Å². The molecule has 61 heavy (non-hydrogen) atoms. The van der Waals surface area contributed by atoms with Gasteiger partial charge in [-0.25, -0.2) is 0 Å². The molecule has 1 amide bonds. The lowest BCUT2D eigenvalue weighted by atomic mass is 10.0. The van der Waals surface area contributed by atoms with E-state index in [1.807, 2.05) is 6.08 Å². The van der Waals surface area contributed by atoms with E-state index in [0.717, 1.165) is 57.8 Å². The maximum absolute atomic E-state index is 12.4. The second kappa shape index (κ2) is 51.0. The van der Waals surface area contributed by atoms with Crippen LogP contribution in [0.1, 0.15) is 290 Å². The Labute approximate surface area is 380 Å². The Morgan fingerprint density at radius 3 is 1.16 bits per heavy atom. The molecule has 0 rings (SSSR count). The van der Waals surface area contributed by atoms with Crippen LogP contribution in [-0.4, -0.2) is 47.4 Å². The second-order valence-electron chi connectivity index (χ2n) is 18.6. The van der Waals surface area contributed by atoms with Crippen LogP contribution in [0.25, 0.3) is 0 Å².